The van der Waals surface area contributed by atoms with Crippen molar-refractivity contribution in [2.24, 2.45) is 0 Å². The first-order valence-corrected chi connectivity index (χ1v) is 7.04. The number of likely N-dealkylation sites (N-methyl/N-ethyl adjacent to an activating group) is 1. The monoisotopic (exact) mass is 257 g/mol. The second-order valence-corrected chi connectivity index (χ2v) is 5.59. The van der Waals surface area contributed by atoms with Gasteiger partial charge in [-0.25, -0.2) is 0 Å². The van der Waals surface area contributed by atoms with Gasteiger partial charge in [0, 0.05) is 24.9 Å². The highest BCUT2D eigenvalue weighted by Gasteiger charge is 2.37. The molecule has 2 nitrogen and oxygen atoms in total. The number of ketones is 1. The fourth-order valence-corrected chi connectivity index (χ4v) is 3.05. The summed E-state index contributed by atoms with van der Waals surface area (Å²) in [7, 11) is 2.15. The van der Waals surface area contributed by atoms with Crippen LogP contribution in [0.5, 0.6) is 0 Å². The van der Waals surface area contributed by atoms with Gasteiger partial charge in [0.15, 0.2) is 0 Å². The predicted molar refractivity (Wildman–Crippen MR) is 79.2 cm³/mol. The van der Waals surface area contributed by atoms with Gasteiger partial charge >= 0.3 is 0 Å². The molecule has 1 saturated carbocycles. The third-order valence-corrected chi connectivity index (χ3v) is 4.33. The lowest BCUT2D eigenvalue weighted by atomic mass is 9.76. The van der Waals surface area contributed by atoms with E-state index in [1.165, 1.54) is 5.56 Å². The van der Waals surface area contributed by atoms with Gasteiger partial charge in [-0.1, -0.05) is 36.4 Å². The molecule has 0 aliphatic heterocycles. The van der Waals surface area contributed by atoms with Crippen molar-refractivity contribution in [3.05, 3.63) is 48.6 Å². The molecular weight excluding hydrogens is 234 g/mol. The summed E-state index contributed by atoms with van der Waals surface area (Å²) < 4.78 is 0. The van der Waals surface area contributed by atoms with Gasteiger partial charge in [0.05, 0.1) is 0 Å². The second-order valence-electron chi connectivity index (χ2n) is 5.59. The van der Waals surface area contributed by atoms with E-state index in [1.54, 1.807) is 0 Å². The molecule has 0 N–H and O–H groups in total. The van der Waals surface area contributed by atoms with Gasteiger partial charge < -0.3 is 0 Å². The van der Waals surface area contributed by atoms with Crippen LogP contribution in [0, 0.1) is 0 Å². The molecule has 1 aliphatic carbocycles. The number of Topliss-reactive ketones (excluding diaryl/α,β-unsaturated/α-hetero) is 1. The molecule has 19 heavy (non-hydrogen) atoms. The molecule has 0 heterocycles. The van der Waals surface area contributed by atoms with Gasteiger partial charge in [0.1, 0.15) is 5.78 Å². The molecule has 0 spiro atoms. The van der Waals surface area contributed by atoms with Crippen LogP contribution in [-0.4, -0.2) is 29.8 Å². The molecule has 1 aromatic carbocycles. The number of rotatable bonds is 5. The lowest BCUT2D eigenvalue weighted by molar-refractivity contribution is -0.122. The van der Waals surface area contributed by atoms with Crippen LogP contribution in [0.3, 0.4) is 0 Å². The summed E-state index contributed by atoms with van der Waals surface area (Å²) in [5.74, 6) is 0.413. The summed E-state index contributed by atoms with van der Waals surface area (Å²) >= 11 is 0. The zero-order chi connectivity index (χ0) is 13.7. The number of carbonyl (C=O) groups excluding carboxylic acids is 1. The molecule has 0 atom stereocenters. The van der Waals surface area contributed by atoms with Gasteiger partial charge in [0.25, 0.3) is 0 Å². The van der Waals surface area contributed by atoms with Crippen LogP contribution in [-0.2, 0) is 11.2 Å². The van der Waals surface area contributed by atoms with Crippen LogP contribution >= 0.6 is 0 Å². The minimum absolute atomic E-state index is 0.115. The minimum Gasteiger partial charge on any atom is -0.300 e. The van der Waals surface area contributed by atoms with Crippen molar-refractivity contribution < 1.29 is 4.79 Å². The molecule has 1 aliphatic rings. The normalized spacial score (nSPS) is 18.5. The Hall–Kier alpha value is -1.41. The Morgan fingerprint density at radius 3 is 2.47 bits per heavy atom. The fourth-order valence-electron chi connectivity index (χ4n) is 3.05. The Morgan fingerprint density at radius 1 is 1.26 bits per heavy atom. The topological polar surface area (TPSA) is 20.3 Å². The zero-order valence-electron chi connectivity index (χ0n) is 11.8. The maximum atomic E-state index is 11.5. The molecule has 1 aromatic rings. The zero-order valence-corrected chi connectivity index (χ0v) is 11.8. The molecule has 2 heteroatoms. The first kappa shape index (κ1) is 14.0. The van der Waals surface area contributed by atoms with Crippen molar-refractivity contribution in [2.75, 3.05) is 13.6 Å². The summed E-state index contributed by atoms with van der Waals surface area (Å²) in [6.45, 7) is 4.72. The van der Waals surface area contributed by atoms with Crippen LogP contribution in [0.2, 0.25) is 0 Å². The van der Waals surface area contributed by atoms with E-state index in [9.17, 15) is 4.79 Å². The quantitative estimate of drug-likeness (QED) is 0.755. The molecule has 0 unspecified atom stereocenters. The Bertz CT molecular complexity index is 428. The van der Waals surface area contributed by atoms with E-state index in [2.05, 4.69) is 42.8 Å². The van der Waals surface area contributed by atoms with Gasteiger partial charge in [-0.2, -0.15) is 0 Å². The summed E-state index contributed by atoms with van der Waals surface area (Å²) in [5, 5.41) is 0. The van der Waals surface area contributed by atoms with E-state index in [0.717, 1.165) is 25.8 Å². The van der Waals surface area contributed by atoms with E-state index >= 15 is 0 Å². The molecular formula is C17H23NO. The SMILES string of the molecule is C=CCN(C)C1(Cc2ccccc2)CCC(=O)CC1. The number of hydrogen-bond acceptors (Lipinski definition) is 2. The van der Waals surface area contributed by atoms with Crippen LogP contribution in [0.1, 0.15) is 31.2 Å². The van der Waals surface area contributed by atoms with E-state index in [0.29, 0.717) is 18.6 Å². The lowest BCUT2D eigenvalue weighted by Crippen LogP contribution is -2.50. The van der Waals surface area contributed by atoms with Crippen LogP contribution in [0.4, 0.5) is 0 Å². The summed E-state index contributed by atoms with van der Waals surface area (Å²) in [4.78, 5) is 13.9. The van der Waals surface area contributed by atoms with Gasteiger partial charge in [-0.05, 0) is 31.9 Å². The smallest absolute Gasteiger partial charge is 0.133 e. The number of nitrogens with zero attached hydrogens (tertiary/aromatic N) is 1. The largest absolute Gasteiger partial charge is 0.300 e. The molecule has 0 aromatic heterocycles. The summed E-state index contributed by atoms with van der Waals surface area (Å²) in [5.41, 5.74) is 1.47. The maximum Gasteiger partial charge on any atom is 0.133 e. The second kappa shape index (κ2) is 6.16. The van der Waals surface area contributed by atoms with Gasteiger partial charge in [-0.15, -0.1) is 6.58 Å². The Balaban J connectivity index is 2.19. The molecule has 0 amide bonds. The van der Waals surface area contributed by atoms with Gasteiger partial charge in [0.2, 0.25) is 0 Å². The van der Waals surface area contributed by atoms with Crippen LogP contribution in [0.25, 0.3) is 0 Å². The lowest BCUT2D eigenvalue weighted by Gasteiger charge is -2.44. The average molecular weight is 257 g/mol. The van der Waals surface area contributed by atoms with Crippen molar-refractivity contribution in [3.8, 4) is 0 Å². The first-order chi connectivity index (χ1) is 9.16. The number of hydrogen-bond donors (Lipinski definition) is 0. The highest BCUT2D eigenvalue weighted by Crippen LogP contribution is 2.34. The minimum atomic E-state index is 0.115. The first-order valence-electron chi connectivity index (χ1n) is 7.04. The molecule has 0 radical (unpaired) electrons. The molecule has 1 fully saturated rings. The van der Waals surface area contributed by atoms with E-state index in [1.807, 2.05) is 12.1 Å². The van der Waals surface area contributed by atoms with Crippen LogP contribution < -0.4 is 0 Å². The third-order valence-electron chi connectivity index (χ3n) is 4.33. The molecule has 0 bridgehead atoms. The van der Waals surface area contributed by atoms with Crippen molar-refractivity contribution in [3.63, 3.8) is 0 Å². The average Bonchev–Trinajstić information content (AvgIpc) is 2.43. The summed E-state index contributed by atoms with van der Waals surface area (Å²) in [6.07, 6.45) is 6.33. The van der Waals surface area contributed by atoms with Crippen molar-refractivity contribution in [1.82, 2.24) is 4.90 Å². The standard InChI is InChI=1S/C17H23NO/c1-3-13-18(2)17(11-9-16(19)10-12-17)14-15-7-5-4-6-8-15/h3-8H,1,9-14H2,2H3. The Kier molecular flexibility index (Phi) is 4.54. The molecule has 102 valence electrons. The van der Waals surface area contributed by atoms with E-state index in [4.69, 9.17) is 0 Å². The van der Waals surface area contributed by atoms with Crippen molar-refractivity contribution in [1.29, 1.82) is 0 Å². The predicted octanol–water partition coefficient (Wildman–Crippen LogP) is 3.23. The number of carbonyl (C=O) groups is 1. The molecule has 2 rings (SSSR count). The molecule has 0 saturated heterocycles. The van der Waals surface area contributed by atoms with E-state index in [-0.39, 0.29) is 5.54 Å². The number of benzene rings is 1. The highest BCUT2D eigenvalue weighted by atomic mass is 16.1. The highest BCUT2D eigenvalue weighted by molar-refractivity contribution is 5.79. The van der Waals surface area contributed by atoms with Crippen molar-refractivity contribution in [2.45, 2.75) is 37.6 Å². The van der Waals surface area contributed by atoms with Crippen LogP contribution in [0.15, 0.2) is 43.0 Å². The van der Waals surface area contributed by atoms with E-state index < -0.39 is 0 Å². The van der Waals surface area contributed by atoms with Crippen molar-refractivity contribution >= 4 is 5.78 Å². The maximum absolute atomic E-state index is 11.5. The Labute approximate surface area is 116 Å². The van der Waals surface area contributed by atoms with Gasteiger partial charge in [-0.3, -0.25) is 9.69 Å². The Morgan fingerprint density at radius 2 is 1.89 bits per heavy atom. The third kappa shape index (κ3) is 3.32. The fraction of sp³-hybridized carbons (Fsp3) is 0.471. The summed E-state index contributed by atoms with van der Waals surface area (Å²) in [6, 6.07) is 10.6.